The molecule has 1 fully saturated rings. The molecule has 4 nitrogen and oxygen atoms in total. The third-order valence-electron chi connectivity index (χ3n) is 3.12. The molecular weight excluding hydrogens is 309 g/mol. The van der Waals surface area contributed by atoms with E-state index in [-0.39, 0.29) is 15.8 Å². The monoisotopic (exact) mass is 323 g/mol. The van der Waals surface area contributed by atoms with Crippen LogP contribution in [-0.4, -0.2) is 39.5 Å². The zero-order valence-electron chi connectivity index (χ0n) is 10.5. The van der Waals surface area contributed by atoms with Crippen LogP contribution >= 0.6 is 23.2 Å². The fourth-order valence-electron chi connectivity index (χ4n) is 2.03. The summed E-state index contributed by atoms with van der Waals surface area (Å²) in [5, 5.41) is 0.527. The largest absolute Gasteiger partial charge is 0.381 e. The Morgan fingerprint density at radius 3 is 2.79 bits per heavy atom. The average Bonchev–Trinajstić information content (AvgIpc) is 2.85. The Bertz CT molecular complexity index is 556. The van der Waals surface area contributed by atoms with Gasteiger partial charge in [-0.15, -0.1) is 0 Å². The van der Waals surface area contributed by atoms with Crippen LogP contribution in [0.25, 0.3) is 0 Å². The first-order valence-corrected chi connectivity index (χ1v) is 8.10. The first-order chi connectivity index (χ1) is 8.91. The zero-order chi connectivity index (χ0) is 14.0. The number of sulfonamides is 1. The summed E-state index contributed by atoms with van der Waals surface area (Å²) in [6, 6.07) is 4.43. The summed E-state index contributed by atoms with van der Waals surface area (Å²) < 4.78 is 31.4. The SMILES string of the molecule is CN(CC1CCOC1)S(=O)(=O)c1cc(Cl)ccc1Cl. The third-order valence-corrected chi connectivity index (χ3v) is 5.66. The van der Waals surface area contributed by atoms with Crippen molar-refractivity contribution in [2.24, 2.45) is 5.92 Å². The lowest BCUT2D eigenvalue weighted by atomic mass is 10.1. The predicted octanol–water partition coefficient (Wildman–Crippen LogP) is 2.65. The van der Waals surface area contributed by atoms with Crippen LogP contribution in [0, 0.1) is 5.92 Å². The smallest absolute Gasteiger partial charge is 0.244 e. The molecule has 0 aliphatic carbocycles. The molecule has 1 aliphatic heterocycles. The number of benzene rings is 1. The van der Waals surface area contributed by atoms with Crippen molar-refractivity contribution in [3.05, 3.63) is 28.2 Å². The van der Waals surface area contributed by atoms with E-state index in [0.29, 0.717) is 24.8 Å². The van der Waals surface area contributed by atoms with Gasteiger partial charge in [-0.2, -0.15) is 0 Å². The topological polar surface area (TPSA) is 46.6 Å². The maximum absolute atomic E-state index is 12.4. The van der Waals surface area contributed by atoms with Gasteiger partial charge in [0.2, 0.25) is 10.0 Å². The zero-order valence-corrected chi connectivity index (χ0v) is 12.8. The van der Waals surface area contributed by atoms with Crippen molar-refractivity contribution in [2.45, 2.75) is 11.3 Å². The number of rotatable bonds is 4. The molecule has 1 aliphatic rings. The fraction of sp³-hybridized carbons (Fsp3) is 0.500. The number of nitrogens with zero attached hydrogens (tertiary/aromatic N) is 1. The molecule has 0 spiro atoms. The molecule has 0 aromatic heterocycles. The highest BCUT2D eigenvalue weighted by Crippen LogP contribution is 2.28. The van der Waals surface area contributed by atoms with Crippen molar-refractivity contribution in [1.29, 1.82) is 0 Å². The molecule has 1 aromatic carbocycles. The summed E-state index contributed by atoms with van der Waals surface area (Å²) >= 11 is 11.8. The number of halogens is 2. The Kier molecular flexibility index (Phi) is 4.74. The Morgan fingerprint density at radius 2 is 2.16 bits per heavy atom. The summed E-state index contributed by atoms with van der Waals surface area (Å²) in [4.78, 5) is 0.0445. The molecule has 1 saturated heterocycles. The Labute approximate surface area is 123 Å². The van der Waals surface area contributed by atoms with Crippen molar-refractivity contribution >= 4 is 33.2 Å². The highest BCUT2D eigenvalue weighted by molar-refractivity contribution is 7.89. The van der Waals surface area contributed by atoms with Gasteiger partial charge >= 0.3 is 0 Å². The van der Waals surface area contributed by atoms with E-state index in [1.165, 1.54) is 16.4 Å². The Balaban J connectivity index is 2.22. The van der Waals surface area contributed by atoms with E-state index in [1.807, 2.05) is 0 Å². The summed E-state index contributed by atoms with van der Waals surface area (Å²) in [6.07, 6.45) is 0.878. The van der Waals surface area contributed by atoms with Gasteiger partial charge in [0.05, 0.1) is 11.6 Å². The van der Waals surface area contributed by atoms with Crippen molar-refractivity contribution < 1.29 is 13.2 Å². The van der Waals surface area contributed by atoms with Gasteiger partial charge in [0, 0.05) is 25.2 Å². The summed E-state index contributed by atoms with van der Waals surface area (Å²) in [7, 11) is -2.07. The van der Waals surface area contributed by atoms with E-state index in [2.05, 4.69) is 0 Å². The van der Waals surface area contributed by atoms with Gasteiger partial charge in [0.15, 0.2) is 0 Å². The van der Waals surface area contributed by atoms with Crippen LogP contribution in [0.4, 0.5) is 0 Å². The van der Waals surface area contributed by atoms with Crippen LogP contribution in [0.1, 0.15) is 6.42 Å². The lowest BCUT2D eigenvalue weighted by Crippen LogP contribution is -2.32. The lowest BCUT2D eigenvalue weighted by molar-refractivity contribution is 0.182. The highest BCUT2D eigenvalue weighted by Gasteiger charge is 2.27. The van der Waals surface area contributed by atoms with Gasteiger partial charge in [-0.05, 0) is 30.5 Å². The second-order valence-electron chi connectivity index (χ2n) is 4.59. The minimum absolute atomic E-state index is 0.0445. The molecule has 1 atom stereocenters. The molecule has 19 heavy (non-hydrogen) atoms. The third kappa shape index (κ3) is 3.41. The summed E-state index contributed by atoms with van der Waals surface area (Å²) in [6.45, 7) is 1.71. The van der Waals surface area contributed by atoms with Crippen LogP contribution in [-0.2, 0) is 14.8 Å². The minimum atomic E-state index is -3.62. The van der Waals surface area contributed by atoms with E-state index < -0.39 is 10.0 Å². The quantitative estimate of drug-likeness (QED) is 0.855. The average molecular weight is 324 g/mol. The van der Waals surface area contributed by atoms with Crippen molar-refractivity contribution in [3.8, 4) is 0 Å². The van der Waals surface area contributed by atoms with Crippen molar-refractivity contribution in [1.82, 2.24) is 4.31 Å². The van der Waals surface area contributed by atoms with E-state index in [0.717, 1.165) is 6.42 Å². The molecule has 106 valence electrons. The molecule has 1 heterocycles. The normalized spacial score (nSPS) is 20.1. The maximum Gasteiger partial charge on any atom is 0.244 e. The molecule has 0 amide bonds. The number of hydrogen-bond acceptors (Lipinski definition) is 3. The molecule has 0 bridgehead atoms. The van der Waals surface area contributed by atoms with Crippen molar-refractivity contribution in [2.75, 3.05) is 26.8 Å². The van der Waals surface area contributed by atoms with Crippen LogP contribution in [0.3, 0.4) is 0 Å². The molecule has 0 saturated carbocycles. The lowest BCUT2D eigenvalue weighted by Gasteiger charge is -2.20. The van der Waals surface area contributed by atoms with Gasteiger partial charge in [-0.1, -0.05) is 23.2 Å². The van der Waals surface area contributed by atoms with Crippen LogP contribution < -0.4 is 0 Å². The standard InChI is InChI=1S/C12H15Cl2NO3S/c1-15(7-9-4-5-18-8-9)19(16,17)12-6-10(13)2-3-11(12)14/h2-3,6,9H,4-5,7-8H2,1H3. The van der Waals surface area contributed by atoms with Crippen LogP contribution in [0.5, 0.6) is 0 Å². The Hall–Kier alpha value is -0.330. The molecule has 7 heteroatoms. The molecular formula is C12H15Cl2NO3S. The number of ether oxygens (including phenoxy) is 1. The van der Waals surface area contributed by atoms with Crippen LogP contribution in [0.2, 0.25) is 10.0 Å². The second-order valence-corrected chi connectivity index (χ2v) is 7.45. The molecule has 1 unspecified atom stereocenters. The highest BCUT2D eigenvalue weighted by atomic mass is 35.5. The first kappa shape index (κ1) is 15.1. The molecule has 0 radical (unpaired) electrons. The molecule has 2 rings (SSSR count). The van der Waals surface area contributed by atoms with Gasteiger partial charge in [0.25, 0.3) is 0 Å². The van der Waals surface area contributed by atoms with Crippen molar-refractivity contribution in [3.63, 3.8) is 0 Å². The molecule has 1 aromatic rings. The minimum Gasteiger partial charge on any atom is -0.381 e. The predicted molar refractivity (Wildman–Crippen MR) is 75.2 cm³/mol. The van der Waals surface area contributed by atoms with Gasteiger partial charge in [0.1, 0.15) is 4.90 Å². The summed E-state index contributed by atoms with van der Waals surface area (Å²) in [5.74, 6) is 0.234. The van der Waals surface area contributed by atoms with Gasteiger partial charge in [-0.25, -0.2) is 12.7 Å². The van der Waals surface area contributed by atoms with E-state index in [4.69, 9.17) is 27.9 Å². The maximum atomic E-state index is 12.4. The van der Waals surface area contributed by atoms with E-state index in [1.54, 1.807) is 13.1 Å². The van der Waals surface area contributed by atoms with E-state index >= 15 is 0 Å². The number of hydrogen-bond donors (Lipinski definition) is 0. The van der Waals surface area contributed by atoms with E-state index in [9.17, 15) is 8.42 Å². The van der Waals surface area contributed by atoms with Gasteiger partial charge in [-0.3, -0.25) is 0 Å². The Morgan fingerprint density at radius 1 is 1.42 bits per heavy atom. The first-order valence-electron chi connectivity index (χ1n) is 5.90. The fourth-order valence-corrected chi connectivity index (χ4v) is 4.01. The second kappa shape index (κ2) is 5.97. The van der Waals surface area contributed by atoms with Crippen LogP contribution in [0.15, 0.2) is 23.1 Å². The molecule has 0 N–H and O–H groups in total. The summed E-state index contributed by atoms with van der Waals surface area (Å²) in [5.41, 5.74) is 0. The van der Waals surface area contributed by atoms with Gasteiger partial charge < -0.3 is 4.74 Å².